The lowest BCUT2D eigenvalue weighted by molar-refractivity contribution is -0.118. The molecule has 0 spiro atoms. The number of rotatable bonds is 9. The number of hydrogen-bond acceptors (Lipinski definition) is 7. The minimum Gasteiger partial charge on any atom is -0.494 e. The van der Waals surface area contributed by atoms with Crippen LogP contribution in [0.5, 0.6) is 5.75 Å². The van der Waals surface area contributed by atoms with Crippen molar-refractivity contribution in [2.75, 3.05) is 12.4 Å². The van der Waals surface area contributed by atoms with Crippen molar-refractivity contribution in [3.05, 3.63) is 96.8 Å². The zero-order valence-corrected chi connectivity index (χ0v) is 21.9. The number of pyridine rings is 1. The third kappa shape index (κ3) is 5.73. The lowest BCUT2D eigenvalue weighted by atomic mass is 10.0. The number of hydrogen-bond donors (Lipinski definition) is 1. The molecule has 0 radical (unpaired) electrons. The van der Waals surface area contributed by atoms with Gasteiger partial charge in [-0.05, 0) is 72.6 Å². The number of hydrazone groups is 1. The third-order valence-electron chi connectivity index (χ3n) is 5.81. The first-order valence-electron chi connectivity index (χ1n) is 12.2. The molecule has 3 aromatic carbocycles. The maximum absolute atomic E-state index is 12.7. The first-order valence-corrected chi connectivity index (χ1v) is 13.1. The summed E-state index contributed by atoms with van der Waals surface area (Å²) in [5.74, 6) is 1.30. The molecular formula is C29H26N6O2S. The lowest BCUT2D eigenvalue weighted by Crippen LogP contribution is -2.21. The van der Waals surface area contributed by atoms with Crippen molar-refractivity contribution in [1.29, 1.82) is 0 Å². The number of benzene rings is 3. The number of carbonyl (C=O) groups is 1. The highest BCUT2D eigenvalue weighted by Gasteiger charge is 2.17. The maximum atomic E-state index is 12.7. The molecule has 2 heterocycles. The highest BCUT2D eigenvalue weighted by Crippen LogP contribution is 2.28. The molecule has 0 unspecified atom stereocenters. The van der Waals surface area contributed by atoms with Gasteiger partial charge in [0.2, 0.25) is 0 Å². The molecule has 5 rings (SSSR count). The van der Waals surface area contributed by atoms with E-state index in [1.807, 2.05) is 73.0 Å². The second kappa shape index (κ2) is 11.7. The largest absolute Gasteiger partial charge is 0.494 e. The summed E-state index contributed by atoms with van der Waals surface area (Å²) in [4.78, 5) is 16.9. The molecule has 0 aliphatic heterocycles. The maximum Gasteiger partial charge on any atom is 0.250 e. The van der Waals surface area contributed by atoms with Crippen molar-refractivity contribution in [3.8, 4) is 22.8 Å². The van der Waals surface area contributed by atoms with Crippen molar-refractivity contribution >= 4 is 34.2 Å². The molecule has 0 saturated carbocycles. The van der Waals surface area contributed by atoms with Crippen LogP contribution >= 0.6 is 11.8 Å². The van der Waals surface area contributed by atoms with E-state index in [0.29, 0.717) is 17.6 Å². The molecule has 0 saturated heterocycles. The fourth-order valence-corrected chi connectivity index (χ4v) is 4.67. The zero-order valence-electron chi connectivity index (χ0n) is 21.0. The Morgan fingerprint density at radius 1 is 1.00 bits per heavy atom. The molecular weight excluding hydrogens is 496 g/mol. The van der Waals surface area contributed by atoms with Crippen molar-refractivity contribution in [1.82, 2.24) is 25.2 Å². The Kier molecular flexibility index (Phi) is 7.75. The Balaban J connectivity index is 1.32. The first-order chi connectivity index (χ1) is 18.6. The molecule has 190 valence electrons. The monoisotopic (exact) mass is 522 g/mol. The van der Waals surface area contributed by atoms with E-state index in [0.717, 1.165) is 39.0 Å². The quantitative estimate of drug-likeness (QED) is 0.156. The third-order valence-corrected chi connectivity index (χ3v) is 6.74. The van der Waals surface area contributed by atoms with Crippen molar-refractivity contribution in [3.63, 3.8) is 0 Å². The van der Waals surface area contributed by atoms with Crippen LogP contribution in [0.4, 0.5) is 0 Å². The highest BCUT2D eigenvalue weighted by atomic mass is 32.2. The molecule has 0 fully saturated rings. The van der Waals surface area contributed by atoms with Gasteiger partial charge in [-0.2, -0.15) is 5.10 Å². The fraction of sp³-hybridized carbons (Fsp3) is 0.138. The van der Waals surface area contributed by atoms with E-state index in [1.165, 1.54) is 11.8 Å². The van der Waals surface area contributed by atoms with E-state index >= 15 is 0 Å². The Hall–Kier alpha value is -4.50. The summed E-state index contributed by atoms with van der Waals surface area (Å²) in [5, 5.41) is 16.0. The summed E-state index contributed by atoms with van der Waals surface area (Å²) in [6.07, 6.45) is 3.45. The van der Waals surface area contributed by atoms with Crippen LogP contribution in [0.3, 0.4) is 0 Å². The van der Waals surface area contributed by atoms with Gasteiger partial charge >= 0.3 is 0 Å². The fourth-order valence-electron chi connectivity index (χ4n) is 3.92. The molecule has 0 atom stereocenters. The molecule has 0 aliphatic carbocycles. The van der Waals surface area contributed by atoms with Crippen LogP contribution in [0.25, 0.3) is 27.8 Å². The van der Waals surface area contributed by atoms with Crippen LogP contribution < -0.4 is 10.2 Å². The number of thioether (sulfide) groups is 1. The average molecular weight is 523 g/mol. The van der Waals surface area contributed by atoms with Gasteiger partial charge in [-0.25, -0.2) is 5.43 Å². The van der Waals surface area contributed by atoms with Crippen LogP contribution in [0.2, 0.25) is 0 Å². The van der Waals surface area contributed by atoms with Gasteiger partial charge in [0.1, 0.15) is 5.75 Å². The van der Waals surface area contributed by atoms with Gasteiger partial charge in [0.15, 0.2) is 11.0 Å². The van der Waals surface area contributed by atoms with Gasteiger partial charge in [0.05, 0.1) is 18.1 Å². The normalized spacial score (nSPS) is 11.5. The second-order valence-electron chi connectivity index (χ2n) is 8.39. The van der Waals surface area contributed by atoms with E-state index in [-0.39, 0.29) is 11.7 Å². The van der Waals surface area contributed by atoms with Crippen LogP contribution in [0.15, 0.2) is 102 Å². The van der Waals surface area contributed by atoms with E-state index < -0.39 is 0 Å². The molecule has 2 aromatic heterocycles. The highest BCUT2D eigenvalue weighted by molar-refractivity contribution is 7.99. The van der Waals surface area contributed by atoms with Crippen molar-refractivity contribution in [2.45, 2.75) is 19.0 Å². The van der Waals surface area contributed by atoms with E-state index in [4.69, 9.17) is 4.74 Å². The van der Waals surface area contributed by atoms with Gasteiger partial charge in [0.25, 0.3) is 5.91 Å². The summed E-state index contributed by atoms with van der Waals surface area (Å²) >= 11 is 1.29. The van der Waals surface area contributed by atoms with Crippen LogP contribution in [0.1, 0.15) is 19.4 Å². The zero-order chi connectivity index (χ0) is 26.3. The summed E-state index contributed by atoms with van der Waals surface area (Å²) in [5.41, 5.74) is 6.01. The van der Waals surface area contributed by atoms with Crippen LogP contribution in [-0.2, 0) is 4.79 Å². The summed E-state index contributed by atoms with van der Waals surface area (Å²) < 4.78 is 7.49. The van der Waals surface area contributed by atoms with E-state index in [9.17, 15) is 4.79 Å². The molecule has 8 nitrogen and oxygen atoms in total. The predicted molar refractivity (Wildman–Crippen MR) is 151 cm³/mol. The summed E-state index contributed by atoms with van der Waals surface area (Å²) in [6, 6.07) is 25.7. The Morgan fingerprint density at radius 2 is 1.82 bits per heavy atom. The Labute approximate surface area is 224 Å². The van der Waals surface area contributed by atoms with Crippen molar-refractivity contribution < 1.29 is 9.53 Å². The number of nitrogens with zero attached hydrogens (tertiary/aromatic N) is 5. The van der Waals surface area contributed by atoms with Gasteiger partial charge in [0, 0.05) is 23.6 Å². The SMILES string of the molecule is CCOc1ccc(-n2c(SCC(=O)NN=C(C)c3ccc4ccccc4c3)nnc2-c2cccnc2)cc1. The predicted octanol–water partition coefficient (Wildman–Crippen LogP) is 5.51. The Morgan fingerprint density at radius 3 is 2.58 bits per heavy atom. The number of aromatic nitrogens is 4. The molecule has 0 aliphatic rings. The van der Waals surface area contributed by atoms with Crippen LogP contribution in [0, 0.1) is 0 Å². The van der Waals surface area contributed by atoms with Gasteiger partial charge in [-0.15, -0.1) is 10.2 Å². The summed E-state index contributed by atoms with van der Waals surface area (Å²) in [6.45, 7) is 4.41. The molecule has 1 amide bonds. The molecule has 1 N–H and O–H groups in total. The van der Waals surface area contributed by atoms with E-state index in [2.05, 4.69) is 50.0 Å². The van der Waals surface area contributed by atoms with Crippen LogP contribution in [-0.4, -0.2) is 43.7 Å². The lowest BCUT2D eigenvalue weighted by Gasteiger charge is -2.11. The molecule has 38 heavy (non-hydrogen) atoms. The number of amides is 1. The number of fused-ring (bicyclic) bond motifs is 1. The van der Waals surface area contributed by atoms with E-state index in [1.54, 1.807) is 12.4 Å². The minimum absolute atomic E-state index is 0.122. The second-order valence-corrected chi connectivity index (χ2v) is 9.34. The number of nitrogens with one attached hydrogen (secondary N) is 1. The van der Waals surface area contributed by atoms with Gasteiger partial charge in [-0.3, -0.25) is 14.3 Å². The standard InChI is InChI=1S/C29H26N6O2S/c1-3-37-26-14-12-25(13-15-26)35-28(24-9-6-16-30-18-24)33-34-29(35)38-19-27(36)32-31-20(2)22-11-10-21-7-4-5-8-23(21)17-22/h4-18H,3,19H2,1-2H3,(H,32,36). The summed E-state index contributed by atoms with van der Waals surface area (Å²) in [7, 11) is 0. The number of ether oxygens (including phenoxy) is 1. The van der Waals surface area contributed by atoms with Gasteiger partial charge in [-0.1, -0.05) is 48.2 Å². The molecule has 0 bridgehead atoms. The Bertz CT molecular complexity index is 1580. The topological polar surface area (TPSA) is 94.3 Å². The number of carbonyl (C=O) groups excluding carboxylic acids is 1. The van der Waals surface area contributed by atoms with Gasteiger partial charge < -0.3 is 4.74 Å². The first kappa shape index (κ1) is 25.2. The smallest absolute Gasteiger partial charge is 0.250 e. The molecule has 9 heteroatoms. The minimum atomic E-state index is -0.237. The molecule has 5 aromatic rings. The average Bonchev–Trinajstić information content (AvgIpc) is 3.39. The van der Waals surface area contributed by atoms with Crippen molar-refractivity contribution in [2.24, 2.45) is 5.10 Å².